The largest absolute Gasteiger partial charge is 0.379 e. The fraction of sp³-hybridized carbons (Fsp3) is 0.625. The molecule has 5 rings (SSSR count). The minimum absolute atomic E-state index is 0.221. The zero-order valence-electron chi connectivity index (χ0n) is 18.9. The molecular formula is C24H34ClN5O. The summed E-state index contributed by atoms with van der Waals surface area (Å²) in [6.07, 6.45) is 8.71. The van der Waals surface area contributed by atoms with Gasteiger partial charge in [-0.05, 0) is 60.1 Å². The fourth-order valence-electron chi connectivity index (χ4n) is 5.70. The van der Waals surface area contributed by atoms with Crippen molar-refractivity contribution in [3.8, 4) is 0 Å². The van der Waals surface area contributed by atoms with Gasteiger partial charge in [-0.2, -0.15) is 5.10 Å². The lowest BCUT2D eigenvalue weighted by molar-refractivity contribution is -0.105. The van der Waals surface area contributed by atoms with Gasteiger partial charge in [0.2, 0.25) is 0 Å². The number of anilines is 1. The molecule has 0 radical (unpaired) electrons. The van der Waals surface area contributed by atoms with Gasteiger partial charge in [0, 0.05) is 31.0 Å². The summed E-state index contributed by atoms with van der Waals surface area (Å²) in [6.45, 7) is 10.3. The summed E-state index contributed by atoms with van der Waals surface area (Å²) in [7, 11) is 0. The van der Waals surface area contributed by atoms with E-state index in [1.54, 1.807) is 18.6 Å². The lowest BCUT2D eigenvalue weighted by Gasteiger charge is -2.62. The van der Waals surface area contributed by atoms with Gasteiger partial charge in [0.1, 0.15) is 5.02 Å². The molecule has 3 aliphatic rings. The first-order valence-corrected chi connectivity index (χ1v) is 11.9. The van der Waals surface area contributed by atoms with E-state index in [1.807, 2.05) is 12.1 Å². The van der Waals surface area contributed by atoms with Crippen molar-refractivity contribution in [2.75, 3.05) is 11.9 Å². The number of nitrogens with one attached hydrogen (secondary N) is 2. The van der Waals surface area contributed by atoms with E-state index in [2.05, 4.69) is 48.4 Å². The highest BCUT2D eigenvalue weighted by Crippen LogP contribution is 2.61. The van der Waals surface area contributed by atoms with E-state index in [9.17, 15) is 4.79 Å². The van der Waals surface area contributed by atoms with Gasteiger partial charge < -0.3 is 10.6 Å². The van der Waals surface area contributed by atoms with Crippen molar-refractivity contribution in [1.29, 1.82) is 0 Å². The highest BCUT2D eigenvalue weighted by atomic mass is 35.5. The maximum absolute atomic E-state index is 12.8. The molecule has 168 valence electrons. The SMILES string of the molecule is CCC(NCCn1ncc(N[C@@H]2C[C@H]3C[C@H]([C@@H]2C)C3(C)C)c(Cl)c1=O)c1ccncc1. The molecular weight excluding hydrogens is 410 g/mol. The highest BCUT2D eigenvalue weighted by molar-refractivity contribution is 6.32. The van der Waals surface area contributed by atoms with Crippen LogP contribution in [0.3, 0.4) is 0 Å². The highest BCUT2D eigenvalue weighted by Gasteiger charge is 2.56. The van der Waals surface area contributed by atoms with E-state index in [0.717, 1.165) is 24.7 Å². The quantitative estimate of drug-likeness (QED) is 0.627. The molecule has 0 spiro atoms. The molecule has 0 aliphatic heterocycles. The molecule has 0 amide bonds. The third-order valence-electron chi connectivity index (χ3n) is 7.91. The van der Waals surface area contributed by atoms with Gasteiger partial charge in [0.05, 0.1) is 18.4 Å². The summed E-state index contributed by atoms with van der Waals surface area (Å²) >= 11 is 6.47. The zero-order valence-corrected chi connectivity index (χ0v) is 19.7. The van der Waals surface area contributed by atoms with E-state index in [4.69, 9.17) is 11.6 Å². The van der Waals surface area contributed by atoms with Crippen LogP contribution in [0.15, 0.2) is 35.5 Å². The second kappa shape index (κ2) is 8.91. The topological polar surface area (TPSA) is 71.8 Å². The average molecular weight is 444 g/mol. The number of nitrogens with zero attached hydrogens (tertiary/aromatic N) is 3. The van der Waals surface area contributed by atoms with Crippen molar-refractivity contribution in [3.05, 3.63) is 51.7 Å². The number of rotatable bonds is 8. The van der Waals surface area contributed by atoms with Crippen LogP contribution in [0.5, 0.6) is 0 Å². The van der Waals surface area contributed by atoms with Crippen molar-refractivity contribution in [2.24, 2.45) is 23.2 Å². The van der Waals surface area contributed by atoms with E-state index in [1.165, 1.54) is 16.7 Å². The van der Waals surface area contributed by atoms with E-state index >= 15 is 0 Å². The van der Waals surface area contributed by atoms with Crippen LogP contribution in [0.4, 0.5) is 5.69 Å². The minimum Gasteiger partial charge on any atom is -0.379 e. The maximum atomic E-state index is 12.8. The standard InChI is InChI=1S/C24H34ClN5O/c1-5-19(16-6-8-26-9-7-16)27-10-11-30-23(31)22(25)21(14-28-30)29-20-13-17-12-18(15(20)2)24(17,3)4/h6-9,14-15,17-20,27,29H,5,10-13H2,1-4H3/t15-,17+,18+,19?,20+/m0/s1. The molecule has 6 nitrogen and oxygen atoms in total. The van der Waals surface area contributed by atoms with Crippen molar-refractivity contribution >= 4 is 17.3 Å². The number of aromatic nitrogens is 3. The molecule has 0 saturated heterocycles. The normalized spacial score (nSPS) is 27.4. The Morgan fingerprint density at radius 3 is 2.68 bits per heavy atom. The third kappa shape index (κ3) is 4.24. The van der Waals surface area contributed by atoms with Crippen LogP contribution in [-0.2, 0) is 6.54 Å². The molecule has 0 aromatic carbocycles. The molecule has 2 bridgehead atoms. The molecule has 3 fully saturated rings. The van der Waals surface area contributed by atoms with Crippen LogP contribution in [0.1, 0.15) is 58.6 Å². The Hall–Kier alpha value is -1.92. The molecule has 2 N–H and O–H groups in total. The lowest BCUT2D eigenvalue weighted by atomic mass is 9.45. The Morgan fingerprint density at radius 1 is 1.29 bits per heavy atom. The predicted molar refractivity (Wildman–Crippen MR) is 125 cm³/mol. The van der Waals surface area contributed by atoms with Crippen molar-refractivity contribution in [3.63, 3.8) is 0 Å². The summed E-state index contributed by atoms with van der Waals surface area (Å²) < 4.78 is 1.45. The van der Waals surface area contributed by atoms with Crippen molar-refractivity contribution < 1.29 is 0 Å². The second-order valence-electron chi connectivity index (χ2n) is 9.80. The Labute approximate surface area is 189 Å². The number of pyridine rings is 1. The minimum atomic E-state index is -0.237. The summed E-state index contributed by atoms with van der Waals surface area (Å²) in [5.74, 6) is 2.03. The lowest BCUT2D eigenvalue weighted by Crippen LogP contribution is -2.58. The Bertz CT molecular complexity index is 960. The maximum Gasteiger partial charge on any atom is 0.287 e. The summed E-state index contributed by atoms with van der Waals surface area (Å²) in [6, 6.07) is 4.60. The second-order valence-corrected chi connectivity index (χ2v) is 10.2. The van der Waals surface area contributed by atoms with E-state index in [-0.39, 0.29) is 16.6 Å². The summed E-state index contributed by atoms with van der Waals surface area (Å²) in [4.78, 5) is 16.9. The van der Waals surface area contributed by atoms with E-state index in [0.29, 0.717) is 36.2 Å². The summed E-state index contributed by atoms with van der Waals surface area (Å²) in [5.41, 5.74) is 2.05. The van der Waals surface area contributed by atoms with Crippen LogP contribution in [0.2, 0.25) is 5.02 Å². The molecule has 2 heterocycles. The van der Waals surface area contributed by atoms with Gasteiger partial charge in [-0.15, -0.1) is 0 Å². The van der Waals surface area contributed by atoms with Crippen LogP contribution >= 0.6 is 11.6 Å². The third-order valence-corrected chi connectivity index (χ3v) is 8.28. The molecule has 7 heteroatoms. The molecule has 3 aliphatic carbocycles. The number of hydrogen-bond acceptors (Lipinski definition) is 5. The Kier molecular flexibility index (Phi) is 6.40. The molecule has 31 heavy (non-hydrogen) atoms. The first-order chi connectivity index (χ1) is 14.8. The smallest absolute Gasteiger partial charge is 0.287 e. The van der Waals surface area contributed by atoms with Gasteiger partial charge >= 0.3 is 0 Å². The van der Waals surface area contributed by atoms with Gasteiger partial charge in [0.15, 0.2) is 0 Å². The van der Waals surface area contributed by atoms with Crippen LogP contribution in [0.25, 0.3) is 0 Å². The molecule has 2 aromatic heterocycles. The molecule has 5 atom stereocenters. The zero-order chi connectivity index (χ0) is 22.2. The van der Waals surface area contributed by atoms with Gasteiger partial charge in [-0.3, -0.25) is 9.78 Å². The summed E-state index contributed by atoms with van der Waals surface area (Å²) in [5, 5.41) is 11.7. The van der Waals surface area contributed by atoms with Gasteiger partial charge in [-0.1, -0.05) is 39.3 Å². The van der Waals surface area contributed by atoms with Crippen LogP contribution in [0, 0.1) is 23.2 Å². The Morgan fingerprint density at radius 2 is 2.03 bits per heavy atom. The number of halogens is 1. The van der Waals surface area contributed by atoms with Gasteiger partial charge in [-0.25, -0.2) is 4.68 Å². The Balaban J connectivity index is 1.37. The monoisotopic (exact) mass is 443 g/mol. The first-order valence-electron chi connectivity index (χ1n) is 11.5. The molecule has 3 saturated carbocycles. The number of fused-ring (bicyclic) bond motifs is 2. The average Bonchev–Trinajstić information content (AvgIpc) is 2.77. The fourth-order valence-corrected chi connectivity index (χ4v) is 5.90. The van der Waals surface area contributed by atoms with E-state index < -0.39 is 0 Å². The van der Waals surface area contributed by atoms with Crippen molar-refractivity contribution in [1.82, 2.24) is 20.1 Å². The van der Waals surface area contributed by atoms with Gasteiger partial charge in [0.25, 0.3) is 5.56 Å². The predicted octanol–water partition coefficient (Wildman–Crippen LogP) is 4.52. The first kappa shape index (κ1) is 22.3. The molecule has 2 aromatic rings. The number of hydrogen-bond donors (Lipinski definition) is 2. The van der Waals surface area contributed by atoms with Crippen LogP contribution in [-0.4, -0.2) is 27.4 Å². The van der Waals surface area contributed by atoms with Crippen LogP contribution < -0.4 is 16.2 Å². The molecule has 1 unspecified atom stereocenters. The van der Waals surface area contributed by atoms with Crippen molar-refractivity contribution in [2.45, 2.75) is 65.6 Å².